The first kappa shape index (κ1) is 28.4. The maximum absolute atomic E-state index is 13.7. The van der Waals surface area contributed by atoms with Gasteiger partial charge in [-0.1, -0.05) is 11.6 Å². The summed E-state index contributed by atoms with van der Waals surface area (Å²) in [4.78, 5) is 20.9. The predicted molar refractivity (Wildman–Crippen MR) is 147 cm³/mol. The summed E-state index contributed by atoms with van der Waals surface area (Å²) in [7, 11) is -4.07. The van der Waals surface area contributed by atoms with E-state index >= 15 is 0 Å². The molecular formula is C29H24ClF2N3O6S. The minimum atomic E-state index is -4.07. The van der Waals surface area contributed by atoms with Gasteiger partial charge in [0.25, 0.3) is 5.91 Å². The van der Waals surface area contributed by atoms with E-state index in [9.17, 15) is 32.2 Å². The molecule has 4 aromatic rings. The molecule has 3 saturated carbocycles. The number of rotatable bonds is 7. The summed E-state index contributed by atoms with van der Waals surface area (Å²) in [6, 6.07) is 10.1. The molecule has 3 aliphatic rings. The molecule has 0 aliphatic heterocycles. The fourth-order valence-corrected chi connectivity index (χ4v) is 8.37. The second-order valence-corrected chi connectivity index (χ2v) is 13.2. The lowest BCUT2D eigenvalue weighted by atomic mass is 9.52. The van der Waals surface area contributed by atoms with Crippen LogP contribution in [-0.4, -0.2) is 45.4 Å². The number of anilines is 1. The van der Waals surface area contributed by atoms with Gasteiger partial charge in [-0.05, 0) is 73.6 Å². The molecule has 3 aliphatic carbocycles. The molecular weight excluding hydrogens is 592 g/mol. The number of carbonyl (C=O) groups excluding carboxylic acids is 1. The normalized spacial score (nSPS) is 24.1. The molecule has 0 radical (unpaired) electrons. The van der Waals surface area contributed by atoms with Gasteiger partial charge in [-0.3, -0.25) is 9.78 Å². The molecule has 0 saturated heterocycles. The standard InChI is InChI=1S/C29H24ClF2N3O6S/c30-21-5-3-15(27(37)34-19-4-6-22(31)23(32)12-19)8-25(21)42(39,40)20-10-17-9-18(11-20)29(17,38)26(36)28-35-24(14-41-28)16-2-1-7-33-13-16/h1-8,12-14,17-18,20,26,36,38H,9-11H2,(H,34,37). The number of aromatic nitrogens is 2. The van der Waals surface area contributed by atoms with E-state index in [4.69, 9.17) is 16.0 Å². The van der Waals surface area contributed by atoms with Crippen molar-refractivity contribution >= 4 is 33.0 Å². The minimum absolute atomic E-state index is 0.0120. The van der Waals surface area contributed by atoms with E-state index < -0.39 is 56.2 Å². The topological polar surface area (TPSA) is 143 Å². The minimum Gasteiger partial charge on any atom is -0.445 e. The number of hydrogen-bond donors (Lipinski definition) is 3. The van der Waals surface area contributed by atoms with Crippen LogP contribution >= 0.6 is 11.6 Å². The summed E-state index contributed by atoms with van der Waals surface area (Å²) < 4.78 is 59.7. The zero-order valence-electron chi connectivity index (χ0n) is 21.7. The number of aliphatic hydroxyl groups excluding tert-OH is 1. The van der Waals surface area contributed by atoms with Gasteiger partial charge in [0.2, 0.25) is 5.89 Å². The Bertz CT molecular complexity index is 1770. The van der Waals surface area contributed by atoms with Crippen LogP contribution in [0, 0.1) is 23.5 Å². The summed E-state index contributed by atoms with van der Waals surface area (Å²) in [6.07, 6.45) is 3.69. The van der Waals surface area contributed by atoms with Crippen LogP contribution < -0.4 is 5.32 Å². The van der Waals surface area contributed by atoms with Gasteiger partial charge in [0.15, 0.2) is 27.6 Å². The van der Waals surface area contributed by atoms with Crippen molar-refractivity contribution in [3.05, 3.63) is 95.3 Å². The quantitative estimate of drug-likeness (QED) is 0.265. The van der Waals surface area contributed by atoms with E-state index in [1.165, 1.54) is 24.5 Å². The molecule has 3 unspecified atom stereocenters. The lowest BCUT2D eigenvalue weighted by Gasteiger charge is -2.59. The van der Waals surface area contributed by atoms with Crippen LogP contribution in [0.3, 0.4) is 0 Å². The highest BCUT2D eigenvalue weighted by Crippen LogP contribution is 2.60. The van der Waals surface area contributed by atoms with E-state index in [1.54, 1.807) is 24.5 Å². The first-order valence-electron chi connectivity index (χ1n) is 13.0. The summed E-state index contributed by atoms with van der Waals surface area (Å²) in [5, 5.41) is 24.0. The number of nitrogens with zero attached hydrogens (tertiary/aromatic N) is 2. The molecule has 2 aromatic heterocycles. The van der Waals surface area contributed by atoms with Crippen LogP contribution in [0.5, 0.6) is 0 Å². The highest BCUT2D eigenvalue weighted by molar-refractivity contribution is 7.92. The molecule has 0 spiro atoms. The van der Waals surface area contributed by atoms with Crippen LogP contribution in [0.25, 0.3) is 11.3 Å². The third-order valence-corrected chi connectivity index (χ3v) is 10.9. The Labute approximate surface area is 244 Å². The predicted octanol–water partition coefficient (Wildman–Crippen LogP) is 4.96. The third-order valence-electron chi connectivity index (χ3n) is 8.24. The van der Waals surface area contributed by atoms with Gasteiger partial charge in [0.1, 0.15) is 17.6 Å². The first-order chi connectivity index (χ1) is 20.0. The van der Waals surface area contributed by atoms with Crippen molar-refractivity contribution < 1.29 is 36.6 Å². The van der Waals surface area contributed by atoms with Crippen LogP contribution in [-0.2, 0) is 9.84 Å². The van der Waals surface area contributed by atoms with E-state index in [1.807, 2.05) is 0 Å². The third kappa shape index (κ3) is 4.77. The van der Waals surface area contributed by atoms with Crippen molar-refractivity contribution in [1.82, 2.24) is 9.97 Å². The molecule has 1 amide bonds. The monoisotopic (exact) mass is 615 g/mol. The Balaban J connectivity index is 1.19. The number of amides is 1. The van der Waals surface area contributed by atoms with Gasteiger partial charge < -0.3 is 19.9 Å². The molecule has 7 rings (SSSR count). The molecule has 2 aromatic carbocycles. The molecule has 2 heterocycles. The maximum Gasteiger partial charge on any atom is 0.255 e. The second-order valence-electron chi connectivity index (χ2n) is 10.6. The number of hydrogen-bond acceptors (Lipinski definition) is 8. The molecule has 3 N–H and O–H groups in total. The van der Waals surface area contributed by atoms with Crippen LogP contribution in [0.15, 0.2) is 76.5 Å². The zero-order valence-corrected chi connectivity index (χ0v) is 23.3. The zero-order chi connectivity index (χ0) is 29.8. The molecule has 218 valence electrons. The van der Waals surface area contributed by atoms with Gasteiger partial charge in [-0.25, -0.2) is 22.2 Å². The lowest BCUT2D eigenvalue weighted by Crippen LogP contribution is -2.64. The van der Waals surface area contributed by atoms with Gasteiger partial charge in [-0.2, -0.15) is 0 Å². The van der Waals surface area contributed by atoms with E-state index in [-0.39, 0.29) is 39.9 Å². The summed E-state index contributed by atoms with van der Waals surface area (Å²) in [5.74, 6) is -4.15. The lowest BCUT2D eigenvalue weighted by molar-refractivity contribution is -0.238. The number of pyridine rings is 1. The van der Waals surface area contributed by atoms with Crippen molar-refractivity contribution in [3.8, 4) is 11.3 Å². The van der Waals surface area contributed by atoms with Crippen molar-refractivity contribution in [1.29, 1.82) is 0 Å². The van der Waals surface area contributed by atoms with Crippen molar-refractivity contribution in [3.63, 3.8) is 0 Å². The first-order valence-corrected chi connectivity index (χ1v) is 15.0. The Kier molecular flexibility index (Phi) is 7.12. The number of halogens is 3. The fourth-order valence-electron chi connectivity index (χ4n) is 5.97. The fraction of sp³-hybridized carbons (Fsp3) is 0.276. The highest BCUT2D eigenvalue weighted by atomic mass is 35.5. The Morgan fingerprint density at radius 2 is 1.86 bits per heavy atom. The van der Waals surface area contributed by atoms with Crippen LogP contribution in [0.4, 0.5) is 14.5 Å². The highest BCUT2D eigenvalue weighted by Gasteiger charge is 2.64. The van der Waals surface area contributed by atoms with Crippen molar-refractivity contribution in [2.45, 2.75) is 41.1 Å². The van der Waals surface area contributed by atoms with Gasteiger partial charge >= 0.3 is 0 Å². The number of sulfone groups is 1. The smallest absolute Gasteiger partial charge is 0.255 e. The molecule has 3 fully saturated rings. The summed E-state index contributed by atoms with van der Waals surface area (Å²) in [5.41, 5.74) is -0.581. The number of nitrogens with one attached hydrogen (secondary N) is 1. The average Bonchev–Trinajstić information content (AvgIpc) is 3.49. The van der Waals surface area contributed by atoms with Gasteiger partial charge in [-0.15, -0.1) is 0 Å². The molecule has 3 atom stereocenters. The van der Waals surface area contributed by atoms with Gasteiger partial charge in [0, 0.05) is 35.3 Å². The maximum atomic E-state index is 13.7. The number of fused-ring (bicyclic) bond motifs is 2. The Hall–Kier alpha value is -3.71. The number of aliphatic hydroxyl groups is 2. The van der Waals surface area contributed by atoms with Crippen molar-refractivity contribution in [2.75, 3.05) is 5.32 Å². The largest absolute Gasteiger partial charge is 0.445 e. The van der Waals surface area contributed by atoms with Crippen LogP contribution in [0.1, 0.15) is 41.6 Å². The SMILES string of the molecule is O=C(Nc1ccc(F)c(F)c1)c1ccc(Cl)c(S(=O)(=O)C2CC3CC(C2)C3(O)C(O)c2nc(-c3cccnc3)co2)c1. The Morgan fingerprint density at radius 1 is 1.10 bits per heavy atom. The Morgan fingerprint density at radius 3 is 2.55 bits per heavy atom. The number of carbonyl (C=O) groups is 1. The average molecular weight is 616 g/mol. The second kappa shape index (κ2) is 10.5. The molecule has 42 heavy (non-hydrogen) atoms. The van der Waals surface area contributed by atoms with Gasteiger partial charge in [0.05, 0.1) is 15.2 Å². The number of oxazole rings is 1. The molecule has 2 bridgehead atoms. The van der Waals surface area contributed by atoms with E-state index in [0.717, 1.165) is 18.2 Å². The summed E-state index contributed by atoms with van der Waals surface area (Å²) in [6.45, 7) is 0. The van der Waals surface area contributed by atoms with Crippen molar-refractivity contribution in [2.24, 2.45) is 11.8 Å². The van der Waals surface area contributed by atoms with E-state index in [0.29, 0.717) is 17.7 Å². The number of benzene rings is 2. The summed E-state index contributed by atoms with van der Waals surface area (Å²) >= 11 is 6.27. The van der Waals surface area contributed by atoms with Crippen LogP contribution in [0.2, 0.25) is 5.02 Å². The molecule has 9 nitrogen and oxygen atoms in total. The molecule has 13 heteroatoms. The van der Waals surface area contributed by atoms with E-state index in [2.05, 4.69) is 15.3 Å².